The molecule has 1 fully saturated rings. The first-order chi connectivity index (χ1) is 8.16. The highest BCUT2D eigenvalue weighted by Gasteiger charge is 2.29. The lowest BCUT2D eigenvalue weighted by Crippen LogP contribution is -2.18. The lowest BCUT2D eigenvalue weighted by Gasteiger charge is -2.03. The lowest BCUT2D eigenvalue weighted by molar-refractivity contribution is 1.30. The molecule has 0 aliphatic carbocycles. The number of thioether (sulfide) groups is 1. The molecule has 3 rings (SSSR count). The van der Waals surface area contributed by atoms with E-state index in [2.05, 4.69) is 10.6 Å². The molecule has 0 unspecified atom stereocenters. The van der Waals surface area contributed by atoms with Gasteiger partial charge in [-0.05, 0) is 0 Å². The average molecular weight is 277 g/mol. The van der Waals surface area contributed by atoms with Gasteiger partial charge in [0.2, 0.25) is 0 Å². The molecule has 17 heavy (non-hydrogen) atoms. The summed E-state index contributed by atoms with van der Waals surface area (Å²) in [6.07, 6.45) is 0. The molecule has 1 aromatic carbocycles. The van der Waals surface area contributed by atoms with Crippen molar-refractivity contribution < 1.29 is 0 Å². The molecule has 2 aliphatic rings. The average Bonchev–Trinajstić information content (AvgIpc) is 2.80. The van der Waals surface area contributed by atoms with Crippen LogP contribution in [0, 0.1) is 5.41 Å². The highest BCUT2D eigenvalue weighted by Crippen LogP contribution is 2.35. The van der Waals surface area contributed by atoms with Crippen LogP contribution in [0.5, 0.6) is 0 Å². The van der Waals surface area contributed by atoms with Crippen LogP contribution in [-0.2, 0) is 0 Å². The third-order valence-electron chi connectivity index (χ3n) is 2.56. The Labute approximate surface area is 113 Å². The van der Waals surface area contributed by atoms with Gasteiger partial charge in [-0.15, -0.1) is 0 Å². The number of thiocarbonyl (C=S) groups is 2. The zero-order valence-electron chi connectivity index (χ0n) is 8.53. The Kier molecular flexibility index (Phi) is 2.50. The van der Waals surface area contributed by atoms with E-state index in [4.69, 9.17) is 29.8 Å². The summed E-state index contributed by atoms with van der Waals surface area (Å²) >= 11 is 11.8. The highest BCUT2D eigenvalue weighted by atomic mass is 32.2. The van der Waals surface area contributed by atoms with Crippen LogP contribution >= 0.6 is 36.2 Å². The minimum absolute atomic E-state index is 0.407. The Bertz CT molecular complexity index is 604. The van der Waals surface area contributed by atoms with E-state index < -0.39 is 0 Å². The zero-order chi connectivity index (χ0) is 12.0. The smallest absolute Gasteiger partial charge is 0.143 e. The molecule has 3 nitrogen and oxygen atoms in total. The van der Waals surface area contributed by atoms with Crippen LogP contribution in [0.25, 0.3) is 5.70 Å². The maximum Gasteiger partial charge on any atom is 0.143 e. The molecule has 0 radical (unpaired) electrons. The molecule has 0 spiro atoms. The van der Waals surface area contributed by atoms with Crippen molar-refractivity contribution in [2.24, 2.45) is 0 Å². The number of fused-ring (bicyclic) bond motifs is 1. The van der Waals surface area contributed by atoms with Crippen molar-refractivity contribution in [2.45, 2.75) is 0 Å². The molecule has 3 N–H and O–H groups in total. The minimum atomic E-state index is 0.407. The van der Waals surface area contributed by atoms with Crippen molar-refractivity contribution >= 4 is 57.0 Å². The number of nitrogens with one attached hydrogen (secondary N) is 3. The molecule has 0 atom stereocenters. The number of hydrogen-bond acceptors (Lipinski definition) is 4. The molecule has 0 bridgehead atoms. The van der Waals surface area contributed by atoms with Crippen LogP contribution in [-0.4, -0.2) is 15.1 Å². The fourth-order valence-electron chi connectivity index (χ4n) is 1.84. The van der Waals surface area contributed by atoms with Gasteiger partial charge in [-0.3, -0.25) is 5.41 Å². The van der Waals surface area contributed by atoms with Gasteiger partial charge in [-0.2, -0.15) is 0 Å². The van der Waals surface area contributed by atoms with Crippen molar-refractivity contribution in [2.75, 3.05) is 0 Å². The number of benzene rings is 1. The molecule has 1 aromatic rings. The van der Waals surface area contributed by atoms with Crippen LogP contribution in [0.3, 0.4) is 0 Å². The summed E-state index contributed by atoms with van der Waals surface area (Å²) in [6, 6.07) is 7.78. The Morgan fingerprint density at radius 1 is 1.06 bits per heavy atom. The quantitative estimate of drug-likeness (QED) is 0.501. The van der Waals surface area contributed by atoms with E-state index in [1.54, 1.807) is 0 Å². The molecule has 84 valence electrons. The lowest BCUT2D eigenvalue weighted by atomic mass is 10.1. The van der Waals surface area contributed by atoms with E-state index in [-0.39, 0.29) is 0 Å². The predicted octanol–water partition coefficient (Wildman–Crippen LogP) is 2.23. The standard InChI is InChI=1S/C11H7N3S3/c12-9-6-4-2-1-3-5(6)7(13-9)8-10(15)14-11(16)17-8/h1-4H,(H2,12,13)(H,14,15,16). The van der Waals surface area contributed by atoms with E-state index in [9.17, 15) is 0 Å². The molecule has 0 amide bonds. The third-order valence-corrected chi connectivity index (χ3v) is 4.25. The van der Waals surface area contributed by atoms with Crippen molar-refractivity contribution in [3.8, 4) is 0 Å². The van der Waals surface area contributed by atoms with Crippen LogP contribution in [0.15, 0.2) is 29.2 Å². The Balaban J connectivity index is 2.19. The highest BCUT2D eigenvalue weighted by molar-refractivity contribution is 8.27. The topological polar surface area (TPSA) is 47.9 Å². The first-order valence-corrected chi connectivity index (χ1v) is 6.53. The van der Waals surface area contributed by atoms with Gasteiger partial charge in [-0.25, -0.2) is 0 Å². The second-order valence-corrected chi connectivity index (χ2v) is 5.69. The van der Waals surface area contributed by atoms with Crippen LogP contribution in [0.4, 0.5) is 0 Å². The van der Waals surface area contributed by atoms with Gasteiger partial charge >= 0.3 is 0 Å². The summed E-state index contributed by atoms with van der Waals surface area (Å²) in [6.45, 7) is 0. The second kappa shape index (κ2) is 3.90. The van der Waals surface area contributed by atoms with Crippen LogP contribution < -0.4 is 10.6 Å². The van der Waals surface area contributed by atoms with Gasteiger partial charge in [-0.1, -0.05) is 60.5 Å². The molecule has 0 saturated carbocycles. The number of hydrogen-bond donors (Lipinski definition) is 3. The van der Waals surface area contributed by atoms with E-state index in [0.29, 0.717) is 15.1 Å². The van der Waals surface area contributed by atoms with Gasteiger partial charge in [0.1, 0.15) is 15.1 Å². The van der Waals surface area contributed by atoms with Gasteiger partial charge < -0.3 is 10.6 Å². The van der Waals surface area contributed by atoms with Crippen molar-refractivity contribution in [3.63, 3.8) is 0 Å². The van der Waals surface area contributed by atoms with E-state index in [1.807, 2.05) is 24.3 Å². The van der Waals surface area contributed by atoms with Gasteiger partial charge in [0.25, 0.3) is 0 Å². The third kappa shape index (κ3) is 1.69. The predicted molar refractivity (Wildman–Crippen MR) is 79.2 cm³/mol. The Morgan fingerprint density at radius 2 is 1.76 bits per heavy atom. The molecule has 1 saturated heterocycles. The van der Waals surface area contributed by atoms with Gasteiger partial charge in [0.15, 0.2) is 0 Å². The molecular formula is C11H7N3S3. The fraction of sp³-hybridized carbons (Fsp3) is 0. The second-order valence-electron chi connectivity index (χ2n) is 3.59. The molecule has 0 aromatic heterocycles. The number of rotatable bonds is 0. The van der Waals surface area contributed by atoms with Crippen molar-refractivity contribution in [3.05, 3.63) is 40.3 Å². The van der Waals surface area contributed by atoms with Gasteiger partial charge in [0.05, 0.1) is 10.6 Å². The van der Waals surface area contributed by atoms with E-state index in [1.165, 1.54) is 11.8 Å². The van der Waals surface area contributed by atoms with Crippen molar-refractivity contribution in [1.82, 2.24) is 10.6 Å². The summed E-state index contributed by atoms with van der Waals surface area (Å²) in [4.78, 5) is 1.53. The summed E-state index contributed by atoms with van der Waals surface area (Å²) in [7, 11) is 0. The van der Waals surface area contributed by atoms with Crippen LogP contribution in [0.2, 0.25) is 0 Å². The van der Waals surface area contributed by atoms with Gasteiger partial charge in [0, 0.05) is 11.1 Å². The first kappa shape index (κ1) is 10.9. The fourth-order valence-corrected chi connectivity index (χ4v) is 3.39. The summed E-state index contributed by atoms with van der Waals surface area (Å²) in [5.74, 6) is 0.407. The van der Waals surface area contributed by atoms with E-state index >= 15 is 0 Å². The summed E-state index contributed by atoms with van der Waals surface area (Å²) in [5.41, 5.74) is 2.79. The summed E-state index contributed by atoms with van der Waals surface area (Å²) < 4.78 is 0.662. The Morgan fingerprint density at radius 3 is 2.41 bits per heavy atom. The van der Waals surface area contributed by atoms with E-state index in [0.717, 1.165) is 21.7 Å². The minimum Gasteiger partial charge on any atom is -0.339 e. The normalized spacial score (nSPS) is 22.5. The summed E-state index contributed by atoms with van der Waals surface area (Å²) in [5, 5.41) is 13.9. The maximum absolute atomic E-state index is 7.89. The molecule has 2 heterocycles. The van der Waals surface area contributed by atoms with Crippen molar-refractivity contribution in [1.29, 1.82) is 5.41 Å². The monoisotopic (exact) mass is 277 g/mol. The SMILES string of the molecule is N=C1NC(=C2SC(=S)NC2=S)c2ccccc21. The Hall–Kier alpha value is -1.24. The largest absolute Gasteiger partial charge is 0.339 e. The molecule has 2 aliphatic heterocycles. The molecular weight excluding hydrogens is 270 g/mol. The molecule has 6 heteroatoms. The zero-order valence-corrected chi connectivity index (χ0v) is 11.0. The maximum atomic E-state index is 7.89. The number of amidine groups is 1. The first-order valence-electron chi connectivity index (χ1n) is 4.89. The van der Waals surface area contributed by atoms with Crippen LogP contribution in [0.1, 0.15) is 11.1 Å².